The lowest BCUT2D eigenvalue weighted by Crippen LogP contribution is -2.44. The van der Waals surface area contributed by atoms with Crippen LogP contribution in [0.3, 0.4) is 0 Å². The molecular formula is C22H28ClN3O3S. The van der Waals surface area contributed by atoms with Crippen LogP contribution in [0.5, 0.6) is 0 Å². The third-order valence-electron chi connectivity index (χ3n) is 5.11. The molecule has 1 fully saturated rings. The highest BCUT2D eigenvalue weighted by Crippen LogP contribution is 2.17. The monoisotopic (exact) mass is 449 g/mol. The Morgan fingerprint density at radius 3 is 2.50 bits per heavy atom. The van der Waals surface area contributed by atoms with E-state index in [2.05, 4.69) is 14.9 Å². The second kappa shape index (κ2) is 10.3. The van der Waals surface area contributed by atoms with E-state index >= 15 is 0 Å². The van der Waals surface area contributed by atoms with Gasteiger partial charge in [0, 0.05) is 41.9 Å². The van der Waals surface area contributed by atoms with Gasteiger partial charge in [0.15, 0.2) is 0 Å². The van der Waals surface area contributed by atoms with Gasteiger partial charge >= 0.3 is 0 Å². The minimum Gasteiger partial charge on any atom is -0.349 e. The molecule has 0 aromatic heterocycles. The minimum absolute atomic E-state index is 0.0536. The molecule has 0 radical (unpaired) electrons. The van der Waals surface area contributed by atoms with Crippen molar-refractivity contribution in [3.63, 3.8) is 0 Å². The van der Waals surface area contributed by atoms with Gasteiger partial charge in [0.05, 0.1) is 5.75 Å². The third-order valence-corrected chi connectivity index (χ3v) is 6.86. The van der Waals surface area contributed by atoms with Crippen LogP contribution < -0.4 is 10.0 Å². The molecule has 0 unspecified atom stereocenters. The van der Waals surface area contributed by atoms with E-state index in [4.69, 9.17) is 11.6 Å². The zero-order valence-electron chi connectivity index (χ0n) is 17.1. The largest absolute Gasteiger partial charge is 0.349 e. The van der Waals surface area contributed by atoms with Crippen molar-refractivity contribution < 1.29 is 13.2 Å². The van der Waals surface area contributed by atoms with Crippen LogP contribution in [0.4, 0.5) is 5.69 Å². The number of halogens is 1. The van der Waals surface area contributed by atoms with E-state index in [1.807, 2.05) is 31.2 Å². The maximum atomic E-state index is 12.6. The predicted molar refractivity (Wildman–Crippen MR) is 121 cm³/mol. The van der Waals surface area contributed by atoms with Crippen LogP contribution in [0.2, 0.25) is 5.02 Å². The smallest absolute Gasteiger partial charge is 0.251 e. The fourth-order valence-electron chi connectivity index (χ4n) is 3.58. The van der Waals surface area contributed by atoms with Crippen molar-refractivity contribution in [1.82, 2.24) is 10.2 Å². The molecule has 30 heavy (non-hydrogen) atoms. The Kier molecular flexibility index (Phi) is 7.75. The number of nitrogens with one attached hydrogen (secondary N) is 2. The summed E-state index contributed by atoms with van der Waals surface area (Å²) in [6, 6.07) is 14.6. The number of amides is 1. The van der Waals surface area contributed by atoms with Crippen LogP contribution in [0, 0.1) is 0 Å². The normalized spacial score (nSPS) is 15.7. The van der Waals surface area contributed by atoms with Gasteiger partial charge in [-0.05, 0) is 55.2 Å². The van der Waals surface area contributed by atoms with Crippen molar-refractivity contribution in [2.75, 3.05) is 23.6 Å². The molecule has 0 atom stereocenters. The Bertz CT molecular complexity index is 956. The fraction of sp³-hybridized carbons (Fsp3) is 0.409. The summed E-state index contributed by atoms with van der Waals surface area (Å²) in [5.74, 6) is -0.124. The summed E-state index contributed by atoms with van der Waals surface area (Å²) in [7, 11) is -3.38. The number of benzene rings is 2. The van der Waals surface area contributed by atoms with E-state index in [1.54, 1.807) is 24.3 Å². The predicted octanol–water partition coefficient (Wildman–Crippen LogP) is 3.89. The molecule has 0 saturated carbocycles. The van der Waals surface area contributed by atoms with Crippen LogP contribution in [0.15, 0.2) is 48.5 Å². The number of rotatable bonds is 8. The van der Waals surface area contributed by atoms with Gasteiger partial charge in [0.25, 0.3) is 5.91 Å². The molecule has 162 valence electrons. The van der Waals surface area contributed by atoms with E-state index in [-0.39, 0.29) is 17.7 Å². The standard InChI is InChI=1S/C22H28ClN3O3S/c1-2-14-30(28,29)25-21-5-3-4-18(15-21)22(27)24-20-10-12-26(13-11-20)16-17-6-8-19(23)9-7-17/h3-9,15,20,25H,2,10-14,16H2,1H3,(H,24,27). The number of anilines is 1. The molecule has 6 nitrogen and oxygen atoms in total. The zero-order chi connectivity index (χ0) is 21.6. The first-order valence-corrected chi connectivity index (χ1v) is 12.3. The Hall–Kier alpha value is -2.09. The molecular weight excluding hydrogens is 422 g/mol. The number of likely N-dealkylation sites (tertiary alicyclic amines) is 1. The molecule has 2 aromatic carbocycles. The number of nitrogens with zero attached hydrogens (tertiary/aromatic N) is 1. The lowest BCUT2D eigenvalue weighted by Gasteiger charge is -2.32. The van der Waals surface area contributed by atoms with E-state index < -0.39 is 10.0 Å². The highest BCUT2D eigenvalue weighted by atomic mass is 35.5. The zero-order valence-corrected chi connectivity index (χ0v) is 18.7. The SMILES string of the molecule is CCCS(=O)(=O)Nc1cccc(C(=O)NC2CCN(Cc3ccc(Cl)cc3)CC2)c1. The molecule has 1 aliphatic heterocycles. The van der Waals surface area contributed by atoms with Gasteiger partial charge in [-0.25, -0.2) is 8.42 Å². The van der Waals surface area contributed by atoms with Gasteiger partial charge in [-0.2, -0.15) is 0 Å². The van der Waals surface area contributed by atoms with Crippen molar-refractivity contribution >= 4 is 33.2 Å². The van der Waals surface area contributed by atoms with E-state index in [0.29, 0.717) is 17.7 Å². The highest BCUT2D eigenvalue weighted by molar-refractivity contribution is 7.92. The number of carbonyl (C=O) groups is 1. The molecule has 2 N–H and O–H groups in total. The molecule has 1 amide bonds. The van der Waals surface area contributed by atoms with Crippen LogP contribution in [-0.2, 0) is 16.6 Å². The van der Waals surface area contributed by atoms with Crippen LogP contribution in [0.25, 0.3) is 0 Å². The average Bonchev–Trinajstić information content (AvgIpc) is 2.71. The number of hydrogen-bond acceptors (Lipinski definition) is 4. The number of hydrogen-bond donors (Lipinski definition) is 2. The molecule has 2 aromatic rings. The number of carbonyl (C=O) groups excluding carboxylic acids is 1. The minimum atomic E-state index is -3.38. The number of piperidine rings is 1. The molecule has 0 bridgehead atoms. The molecule has 1 aliphatic rings. The summed E-state index contributed by atoms with van der Waals surface area (Å²) < 4.78 is 26.4. The highest BCUT2D eigenvalue weighted by Gasteiger charge is 2.21. The van der Waals surface area contributed by atoms with Crippen molar-refractivity contribution in [2.24, 2.45) is 0 Å². The first-order chi connectivity index (χ1) is 14.3. The van der Waals surface area contributed by atoms with Gasteiger partial charge in [0.1, 0.15) is 0 Å². The summed E-state index contributed by atoms with van der Waals surface area (Å²) in [4.78, 5) is 15.0. The summed E-state index contributed by atoms with van der Waals surface area (Å²) in [6.07, 6.45) is 2.29. The van der Waals surface area contributed by atoms with Crippen LogP contribution in [0.1, 0.15) is 42.1 Å². The van der Waals surface area contributed by atoms with Crippen LogP contribution >= 0.6 is 11.6 Å². The molecule has 0 aliphatic carbocycles. The lowest BCUT2D eigenvalue weighted by molar-refractivity contribution is 0.0909. The Morgan fingerprint density at radius 1 is 1.13 bits per heavy atom. The van der Waals surface area contributed by atoms with Crippen molar-refractivity contribution in [3.8, 4) is 0 Å². The lowest BCUT2D eigenvalue weighted by atomic mass is 10.0. The quantitative estimate of drug-likeness (QED) is 0.640. The summed E-state index contributed by atoms with van der Waals surface area (Å²) in [5, 5.41) is 3.82. The van der Waals surface area contributed by atoms with Gasteiger partial charge in [0.2, 0.25) is 10.0 Å². The fourth-order valence-corrected chi connectivity index (χ4v) is 4.83. The maximum absolute atomic E-state index is 12.6. The topological polar surface area (TPSA) is 78.5 Å². The Labute approximate surface area is 183 Å². The second-order valence-corrected chi connectivity index (χ2v) is 9.93. The first-order valence-electron chi connectivity index (χ1n) is 10.2. The van der Waals surface area contributed by atoms with E-state index in [0.717, 1.165) is 37.5 Å². The third kappa shape index (κ3) is 6.72. The van der Waals surface area contributed by atoms with Crippen molar-refractivity contribution in [3.05, 3.63) is 64.7 Å². The molecule has 0 spiro atoms. The molecule has 1 heterocycles. The summed E-state index contributed by atoms with van der Waals surface area (Å²) in [5.41, 5.74) is 2.09. The van der Waals surface area contributed by atoms with Gasteiger partial charge in [-0.3, -0.25) is 14.4 Å². The van der Waals surface area contributed by atoms with E-state index in [9.17, 15) is 13.2 Å². The van der Waals surface area contributed by atoms with Gasteiger partial charge < -0.3 is 5.32 Å². The van der Waals surface area contributed by atoms with Gasteiger partial charge in [-0.1, -0.05) is 36.7 Å². The summed E-state index contributed by atoms with van der Waals surface area (Å²) in [6.45, 7) is 4.50. The van der Waals surface area contributed by atoms with Crippen molar-refractivity contribution in [1.29, 1.82) is 0 Å². The van der Waals surface area contributed by atoms with Gasteiger partial charge in [-0.15, -0.1) is 0 Å². The Balaban J connectivity index is 1.51. The second-order valence-electron chi connectivity index (χ2n) is 7.65. The van der Waals surface area contributed by atoms with Crippen molar-refractivity contribution in [2.45, 2.75) is 38.8 Å². The molecule has 1 saturated heterocycles. The summed E-state index contributed by atoms with van der Waals surface area (Å²) >= 11 is 5.94. The molecule has 3 rings (SSSR count). The molecule has 8 heteroatoms. The maximum Gasteiger partial charge on any atom is 0.251 e. The average molecular weight is 450 g/mol. The van der Waals surface area contributed by atoms with E-state index in [1.165, 1.54) is 5.56 Å². The van der Waals surface area contributed by atoms with Crippen LogP contribution in [-0.4, -0.2) is 44.1 Å². The Morgan fingerprint density at radius 2 is 1.83 bits per heavy atom. The first kappa shape index (κ1) is 22.6. The number of sulfonamides is 1.